The lowest BCUT2D eigenvalue weighted by Gasteiger charge is -2.11. The molecule has 1 amide bonds. The first-order chi connectivity index (χ1) is 12.1. The maximum absolute atomic E-state index is 12.7. The van der Waals surface area contributed by atoms with E-state index in [-0.39, 0.29) is 5.91 Å². The average Bonchev–Trinajstić information content (AvgIpc) is 2.93. The Labute approximate surface area is 151 Å². The molecular weight excluding hydrogens is 332 g/mol. The number of thioether (sulfide) groups is 1. The Morgan fingerprint density at radius 1 is 1.08 bits per heavy atom. The minimum Gasteiger partial charge on any atom is -0.361 e. The van der Waals surface area contributed by atoms with Gasteiger partial charge in [-0.15, -0.1) is 11.8 Å². The minimum absolute atomic E-state index is 0.101. The Kier molecular flexibility index (Phi) is 5.24. The molecule has 3 rings (SSSR count). The van der Waals surface area contributed by atoms with E-state index in [0.29, 0.717) is 5.56 Å². The SMILES string of the molecule is Cc1ccccc1NC(=O)c1ccccc1SCc1c(C)noc1C. The van der Waals surface area contributed by atoms with Crippen molar-refractivity contribution in [3.63, 3.8) is 0 Å². The number of carbonyl (C=O) groups excluding carboxylic acids is 1. The quantitative estimate of drug-likeness (QED) is 0.646. The number of hydrogen-bond donors (Lipinski definition) is 1. The van der Waals surface area contributed by atoms with Gasteiger partial charge in [0.25, 0.3) is 5.91 Å². The first-order valence-electron chi connectivity index (χ1n) is 8.07. The van der Waals surface area contributed by atoms with Crippen molar-refractivity contribution in [2.24, 2.45) is 0 Å². The number of anilines is 1. The van der Waals surface area contributed by atoms with Crippen LogP contribution in [-0.4, -0.2) is 11.1 Å². The van der Waals surface area contributed by atoms with Crippen molar-refractivity contribution in [3.05, 3.63) is 76.7 Å². The molecular formula is C20H20N2O2S. The van der Waals surface area contributed by atoms with Crippen molar-refractivity contribution in [3.8, 4) is 0 Å². The molecule has 0 aliphatic rings. The Bertz CT molecular complexity index is 883. The maximum atomic E-state index is 12.7. The van der Waals surface area contributed by atoms with Crippen LogP contribution in [0.25, 0.3) is 0 Å². The second-order valence-electron chi connectivity index (χ2n) is 5.86. The van der Waals surface area contributed by atoms with Gasteiger partial charge < -0.3 is 9.84 Å². The molecule has 0 fully saturated rings. The molecule has 0 spiro atoms. The zero-order valence-corrected chi connectivity index (χ0v) is 15.3. The molecule has 4 nitrogen and oxygen atoms in total. The fraction of sp³-hybridized carbons (Fsp3) is 0.200. The van der Waals surface area contributed by atoms with E-state index in [4.69, 9.17) is 4.52 Å². The van der Waals surface area contributed by atoms with E-state index in [0.717, 1.165) is 38.9 Å². The molecule has 3 aromatic rings. The van der Waals surface area contributed by atoms with Crippen LogP contribution in [-0.2, 0) is 5.75 Å². The Morgan fingerprint density at radius 3 is 2.52 bits per heavy atom. The first kappa shape index (κ1) is 17.3. The van der Waals surface area contributed by atoms with E-state index in [1.54, 1.807) is 11.8 Å². The van der Waals surface area contributed by atoms with Crippen LogP contribution in [0, 0.1) is 20.8 Å². The van der Waals surface area contributed by atoms with Crippen LogP contribution in [0.3, 0.4) is 0 Å². The van der Waals surface area contributed by atoms with Gasteiger partial charge in [-0.25, -0.2) is 0 Å². The van der Waals surface area contributed by atoms with Gasteiger partial charge in [-0.1, -0.05) is 35.5 Å². The number of aromatic nitrogens is 1. The number of nitrogens with one attached hydrogen (secondary N) is 1. The summed E-state index contributed by atoms with van der Waals surface area (Å²) >= 11 is 1.62. The van der Waals surface area contributed by atoms with E-state index in [1.807, 2.05) is 69.3 Å². The number of aryl methyl sites for hydroxylation is 3. The molecule has 0 atom stereocenters. The molecule has 128 valence electrons. The van der Waals surface area contributed by atoms with Gasteiger partial charge in [-0.3, -0.25) is 4.79 Å². The Hall–Kier alpha value is -2.53. The fourth-order valence-corrected chi connectivity index (χ4v) is 3.74. The molecule has 25 heavy (non-hydrogen) atoms. The first-order valence-corrected chi connectivity index (χ1v) is 9.05. The van der Waals surface area contributed by atoms with Gasteiger partial charge in [0.2, 0.25) is 0 Å². The summed E-state index contributed by atoms with van der Waals surface area (Å²) in [4.78, 5) is 13.7. The third-order valence-electron chi connectivity index (χ3n) is 4.08. The summed E-state index contributed by atoms with van der Waals surface area (Å²) in [6.07, 6.45) is 0. The highest BCUT2D eigenvalue weighted by Gasteiger charge is 2.15. The van der Waals surface area contributed by atoms with Crippen molar-refractivity contribution >= 4 is 23.4 Å². The molecule has 0 bridgehead atoms. The fourth-order valence-electron chi connectivity index (χ4n) is 2.54. The van der Waals surface area contributed by atoms with Crippen LogP contribution >= 0.6 is 11.8 Å². The summed E-state index contributed by atoms with van der Waals surface area (Å²) in [5.41, 5.74) is 4.52. The number of benzene rings is 2. The maximum Gasteiger partial charge on any atom is 0.256 e. The highest BCUT2D eigenvalue weighted by Crippen LogP contribution is 2.29. The van der Waals surface area contributed by atoms with Crippen LogP contribution in [0.2, 0.25) is 0 Å². The van der Waals surface area contributed by atoms with Crippen LogP contribution in [0.5, 0.6) is 0 Å². The zero-order valence-electron chi connectivity index (χ0n) is 14.5. The molecule has 0 saturated heterocycles. The monoisotopic (exact) mass is 352 g/mol. The van der Waals surface area contributed by atoms with E-state index in [9.17, 15) is 4.79 Å². The summed E-state index contributed by atoms with van der Waals surface area (Å²) < 4.78 is 5.21. The smallest absolute Gasteiger partial charge is 0.256 e. The van der Waals surface area contributed by atoms with Gasteiger partial charge in [-0.2, -0.15) is 0 Å². The predicted molar refractivity (Wildman–Crippen MR) is 101 cm³/mol. The Balaban J connectivity index is 1.79. The highest BCUT2D eigenvalue weighted by molar-refractivity contribution is 7.98. The van der Waals surface area contributed by atoms with Crippen molar-refractivity contribution in [1.82, 2.24) is 5.16 Å². The van der Waals surface area contributed by atoms with Gasteiger partial charge in [0.1, 0.15) is 5.76 Å². The Morgan fingerprint density at radius 2 is 1.80 bits per heavy atom. The molecule has 0 radical (unpaired) electrons. The zero-order chi connectivity index (χ0) is 17.8. The molecule has 5 heteroatoms. The largest absolute Gasteiger partial charge is 0.361 e. The molecule has 2 aromatic carbocycles. The molecule has 1 N–H and O–H groups in total. The van der Waals surface area contributed by atoms with Crippen molar-refractivity contribution in [2.45, 2.75) is 31.4 Å². The molecule has 0 saturated carbocycles. The summed E-state index contributed by atoms with van der Waals surface area (Å²) in [5, 5.41) is 6.98. The van der Waals surface area contributed by atoms with Gasteiger partial charge in [-0.05, 0) is 44.5 Å². The van der Waals surface area contributed by atoms with Crippen molar-refractivity contribution in [2.75, 3.05) is 5.32 Å². The second-order valence-corrected chi connectivity index (χ2v) is 6.87. The summed E-state index contributed by atoms with van der Waals surface area (Å²) in [6.45, 7) is 5.82. The van der Waals surface area contributed by atoms with Gasteiger partial charge in [0.05, 0.1) is 11.3 Å². The van der Waals surface area contributed by atoms with E-state index >= 15 is 0 Å². The molecule has 1 aromatic heterocycles. The lowest BCUT2D eigenvalue weighted by molar-refractivity contribution is 0.102. The van der Waals surface area contributed by atoms with Crippen molar-refractivity contribution in [1.29, 1.82) is 0 Å². The minimum atomic E-state index is -0.101. The topological polar surface area (TPSA) is 55.1 Å². The number of hydrogen-bond acceptors (Lipinski definition) is 4. The van der Waals surface area contributed by atoms with E-state index in [1.165, 1.54) is 0 Å². The van der Waals surface area contributed by atoms with Gasteiger partial charge in [0, 0.05) is 21.9 Å². The highest BCUT2D eigenvalue weighted by atomic mass is 32.2. The predicted octanol–water partition coefficient (Wildman–Crippen LogP) is 5.14. The summed E-state index contributed by atoms with van der Waals surface area (Å²) in [6, 6.07) is 15.4. The van der Waals surface area contributed by atoms with Crippen LogP contribution in [0.1, 0.15) is 32.9 Å². The van der Waals surface area contributed by atoms with Gasteiger partial charge in [0.15, 0.2) is 0 Å². The third-order valence-corrected chi connectivity index (χ3v) is 5.18. The normalized spacial score (nSPS) is 10.7. The summed E-state index contributed by atoms with van der Waals surface area (Å²) in [7, 11) is 0. The molecule has 0 aliphatic heterocycles. The number of carbonyl (C=O) groups is 1. The number of amides is 1. The number of rotatable bonds is 5. The van der Waals surface area contributed by atoms with E-state index < -0.39 is 0 Å². The number of nitrogens with zero attached hydrogens (tertiary/aromatic N) is 1. The molecule has 0 aliphatic carbocycles. The van der Waals surface area contributed by atoms with Crippen LogP contribution < -0.4 is 5.32 Å². The molecule has 0 unspecified atom stereocenters. The average molecular weight is 352 g/mol. The van der Waals surface area contributed by atoms with E-state index in [2.05, 4.69) is 10.5 Å². The van der Waals surface area contributed by atoms with Crippen molar-refractivity contribution < 1.29 is 9.32 Å². The lowest BCUT2D eigenvalue weighted by Crippen LogP contribution is -2.13. The molecule has 1 heterocycles. The second kappa shape index (κ2) is 7.57. The third kappa shape index (κ3) is 3.94. The standard InChI is InChI=1S/C20H20N2O2S/c1-13-8-4-6-10-18(13)21-20(23)16-9-5-7-11-19(16)25-12-17-14(2)22-24-15(17)3/h4-11H,12H2,1-3H3,(H,21,23). The lowest BCUT2D eigenvalue weighted by atomic mass is 10.1. The summed E-state index contributed by atoms with van der Waals surface area (Å²) in [5.74, 6) is 1.44. The number of para-hydroxylation sites is 1. The van der Waals surface area contributed by atoms with Crippen LogP contribution in [0.15, 0.2) is 57.9 Å². The van der Waals surface area contributed by atoms with Gasteiger partial charge >= 0.3 is 0 Å². The van der Waals surface area contributed by atoms with Crippen LogP contribution in [0.4, 0.5) is 5.69 Å².